The number of amides is 1. The van der Waals surface area contributed by atoms with Crippen LogP contribution in [0, 0.1) is 29.1 Å². The van der Waals surface area contributed by atoms with Crippen molar-refractivity contribution in [3.63, 3.8) is 0 Å². The summed E-state index contributed by atoms with van der Waals surface area (Å²) >= 11 is 0. The van der Waals surface area contributed by atoms with Crippen LogP contribution in [-0.4, -0.2) is 24.2 Å². The molecule has 4 rings (SSSR count). The molecule has 2 heterocycles. The lowest BCUT2D eigenvalue weighted by Crippen LogP contribution is -2.25. The summed E-state index contributed by atoms with van der Waals surface area (Å²) in [5, 5.41) is 3.79. The van der Waals surface area contributed by atoms with E-state index in [1.165, 1.54) is 19.1 Å². The van der Waals surface area contributed by atoms with Crippen LogP contribution in [-0.2, 0) is 9.53 Å². The lowest BCUT2D eigenvalue weighted by atomic mass is 10.1. The van der Waals surface area contributed by atoms with Crippen molar-refractivity contribution >= 4 is 29.4 Å². The van der Waals surface area contributed by atoms with E-state index in [0.29, 0.717) is 16.9 Å². The van der Waals surface area contributed by atoms with E-state index in [9.17, 15) is 31.5 Å². The van der Waals surface area contributed by atoms with Crippen molar-refractivity contribution in [1.29, 1.82) is 0 Å². The minimum Gasteiger partial charge on any atom is -0.462 e. The second-order valence-corrected chi connectivity index (χ2v) is 7.28. The molecule has 0 N–H and O–H groups in total. The van der Waals surface area contributed by atoms with Gasteiger partial charge in [0, 0.05) is 5.56 Å². The van der Waals surface area contributed by atoms with Crippen molar-refractivity contribution in [2.45, 2.75) is 13.8 Å². The Bertz CT molecular complexity index is 1380. The van der Waals surface area contributed by atoms with Crippen LogP contribution in [0.15, 0.2) is 51.5 Å². The summed E-state index contributed by atoms with van der Waals surface area (Å²) in [6, 6.07) is 9.43. The first-order valence-corrected chi connectivity index (χ1v) is 10.1. The Morgan fingerprint density at radius 3 is 2.17 bits per heavy atom. The fourth-order valence-corrected chi connectivity index (χ4v) is 3.33. The number of nitrogens with zero attached hydrogens (tertiary/aromatic N) is 2. The van der Waals surface area contributed by atoms with Crippen molar-refractivity contribution in [3.8, 4) is 11.3 Å². The topological polar surface area (TPSA) is 72.1 Å². The van der Waals surface area contributed by atoms with Crippen molar-refractivity contribution in [1.82, 2.24) is 0 Å². The van der Waals surface area contributed by atoms with Gasteiger partial charge in [-0.05, 0) is 44.2 Å². The van der Waals surface area contributed by atoms with E-state index in [2.05, 4.69) is 5.10 Å². The average molecular weight is 490 g/mol. The molecule has 0 atom stereocenters. The summed E-state index contributed by atoms with van der Waals surface area (Å²) in [6.45, 7) is 3.25. The van der Waals surface area contributed by atoms with Gasteiger partial charge in [0.15, 0.2) is 23.3 Å². The predicted octanol–water partition coefficient (Wildman–Crippen LogP) is 5.62. The fraction of sp³-hybridized carbons (Fsp3) is 0.125. The van der Waals surface area contributed by atoms with Crippen LogP contribution < -0.4 is 5.01 Å². The number of halogens is 5. The number of hydrogen-bond donors (Lipinski definition) is 0. The molecule has 0 fully saturated rings. The van der Waals surface area contributed by atoms with Crippen LogP contribution in [0.3, 0.4) is 0 Å². The first-order chi connectivity index (χ1) is 16.6. The number of anilines is 1. The highest BCUT2D eigenvalue weighted by Crippen LogP contribution is 2.34. The van der Waals surface area contributed by atoms with Crippen LogP contribution in [0.25, 0.3) is 17.4 Å². The van der Waals surface area contributed by atoms with Crippen LogP contribution in [0.2, 0.25) is 0 Å². The van der Waals surface area contributed by atoms with Crippen molar-refractivity contribution in [2.75, 3.05) is 11.6 Å². The Morgan fingerprint density at radius 1 is 0.971 bits per heavy atom. The molecule has 35 heavy (non-hydrogen) atoms. The maximum atomic E-state index is 14.2. The normalized spacial score (nSPS) is 14.6. The summed E-state index contributed by atoms with van der Waals surface area (Å²) in [5.74, 6) is -12.1. The highest BCUT2D eigenvalue weighted by atomic mass is 19.2. The number of furan rings is 1. The molecular weight excluding hydrogens is 475 g/mol. The van der Waals surface area contributed by atoms with Gasteiger partial charge in [0.1, 0.15) is 17.2 Å². The monoisotopic (exact) mass is 490 g/mol. The molecule has 3 aromatic rings. The second-order valence-electron chi connectivity index (χ2n) is 7.28. The average Bonchev–Trinajstić information content (AvgIpc) is 3.42. The van der Waals surface area contributed by atoms with Gasteiger partial charge in [-0.15, -0.1) is 0 Å². The molecule has 1 aliphatic heterocycles. The highest BCUT2D eigenvalue weighted by molar-refractivity contribution is 6.32. The van der Waals surface area contributed by atoms with Gasteiger partial charge in [-0.3, -0.25) is 4.79 Å². The largest absolute Gasteiger partial charge is 0.462 e. The van der Waals surface area contributed by atoms with E-state index in [1.807, 2.05) is 0 Å². The van der Waals surface area contributed by atoms with Gasteiger partial charge in [-0.2, -0.15) is 10.1 Å². The summed E-state index contributed by atoms with van der Waals surface area (Å²) < 4.78 is 79.5. The zero-order chi connectivity index (χ0) is 25.4. The molecule has 0 aliphatic carbocycles. The van der Waals surface area contributed by atoms with Gasteiger partial charge in [-0.1, -0.05) is 12.1 Å². The molecule has 6 nitrogen and oxygen atoms in total. The molecule has 0 spiro atoms. The van der Waals surface area contributed by atoms with Crippen molar-refractivity contribution < 1.29 is 40.7 Å². The number of benzene rings is 2. The molecule has 0 saturated heterocycles. The van der Waals surface area contributed by atoms with E-state index >= 15 is 0 Å². The molecule has 2 aromatic carbocycles. The lowest BCUT2D eigenvalue weighted by Gasteiger charge is -2.14. The number of carbonyl (C=O) groups excluding carboxylic acids is 2. The molecule has 11 heteroatoms. The number of esters is 1. The van der Waals surface area contributed by atoms with E-state index in [0.717, 1.165) is 0 Å². The van der Waals surface area contributed by atoms with Gasteiger partial charge in [0.2, 0.25) is 5.82 Å². The number of ether oxygens (including phenoxy) is 1. The Morgan fingerprint density at radius 2 is 1.57 bits per heavy atom. The highest BCUT2D eigenvalue weighted by Gasteiger charge is 2.37. The smallest absolute Gasteiger partial charge is 0.338 e. The second kappa shape index (κ2) is 9.16. The zero-order valence-corrected chi connectivity index (χ0v) is 18.2. The zero-order valence-electron chi connectivity index (χ0n) is 18.2. The number of hydrazone groups is 1. The molecule has 1 aliphatic rings. The molecule has 0 bridgehead atoms. The van der Waals surface area contributed by atoms with Gasteiger partial charge in [0.05, 0.1) is 23.5 Å². The number of rotatable bonds is 5. The van der Waals surface area contributed by atoms with E-state index < -0.39 is 46.6 Å². The molecular formula is C24H15F5N2O4. The molecule has 1 amide bonds. The lowest BCUT2D eigenvalue weighted by molar-refractivity contribution is -0.114. The summed E-state index contributed by atoms with van der Waals surface area (Å²) in [4.78, 5) is 24.5. The maximum absolute atomic E-state index is 14.2. The maximum Gasteiger partial charge on any atom is 0.338 e. The standard InChI is InChI=1S/C24H15F5N2O4/c1-3-34-24(33)13-6-4-12(5-7-13)16-9-8-14(35-16)10-15-11(2)30-31(23(15)32)22-20(28)18(26)17(25)19(27)21(22)29/h4-10H,3H2,1-2H3/b15-10+. The Kier molecular flexibility index (Phi) is 6.25. The molecule has 1 aromatic heterocycles. The van der Waals surface area contributed by atoms with Gasteiger partial charge in [0.25, 0.3) is 5.91 Å². The fourth-order valence-electron chi connectivity index (χ4n) is 3.33. The van der Waals surface area contributed by atoms with Crippen LogP contribution >= 0.6 is 0 Å². The Balaban J connectivity index is 1.62. The van der Waals surface area contributed by atoms with Crippen molar-refractivity contribution in [3.05, 3.63) is 82.4 Å². The third-order valence-corrected chi connectivity index (χ3v) is 5.05. The quantitative estimate of drug-likeness (QED) is 0.153. The summed E-state index contributed by atoms with van der Waals surface area (Å²) in [5.41, 5.74) is -0.728. The van der Waals surface area contributed by atoms with Gasteiger partial charge >= 0.3 is 5.97 Å². The molecule has 180 valence electrons. The first kappa shape index (κ1) is 23.9. The Hall–Kier alpha value is -4.28. The third kappa shape index (κ3) is 4.20. The number of carbonyl (C=O) groups is 2. The van der Waals surface area contributed by atoms with Crippen LogP contribution in [0.4, 0.5) is 27.6 Å². The van der Waals surface area contributed by atoms with Crippen LogP contribution in [0.5, 0.6) is 0 Å². The predicted molar refractivity (Wildman–Crippen MR) is 115 cm³/mol. The molecule has 0 unspecified atom stereocenters. The number of hydrogen-bond acceptors (Lipinski definition) is 5. The SMILES string of the molecule is CCOC(=O)c1ccc(-c2ccc(/C=C3/C(=O)N(c4c(F)c(F)c(F)c(F)c4F)N=C3C)o2)cc1. The van der Waals surface area contributed by atoms with Crippen LogP contribution in [0.1, 0.15) is 30.0 Å². The van der Waals surface area contributed by atoms with E-state index in [1.54, 1.807) is 37.3 Å². The van der Waals surface area contributed by atoms with E-state index in [-0.39, 0.29) is 28.7 Å². The Labute approximate surface area is 194 Å². The van der Waals surface area contributed by atoms with Gasteiger partial charge in [-0.25, -0.2) is 26.7 Å². The minimum absolute atomic E-state index is 0.0318. The first-order valence-electron chi connectivity index (χ1n) is 10.1. The van der Waals surface area contributed by atoms with Gasteiger partial charge < -0.3 is 9.15 Å². The summed E-state index contributed by atoms with van der Waals surface area (Å²) in [6.07, 6.45) is 1.23. The molecule has 0 radical (unpaired) electrons. The van der Waals surface area contributed by atoms with Crippen molar-refractivity contribution in [2.24, 2.45) is 5.10 Å². The molecule has 0 saturated carbocycles. The minimum atomic E-state index is -2.34. The third-order valence-electron chi connectivity index (χ3n) is 5.05. The van der Waals surface area contributed by atoms with E-state index in [4.69, 9.17) is 9.15 Å². The summed E-state index contributed by atoms with van der Waals surface area (Å²) in [7, 11) is 0.